The van der Waals surface area contributed by atoms with E-state index in [2.05, 4.69) is 6.92 Å². The molecule has 0 aromatic rings. The second-order valence-corrected chi connectivity index (χ2v) is 6.04. The summed E-state index contributed by atoms with van der Waals surface area (Å²) in [7, 11) is 0. The molecule has 2 N–H and O–H groups in total. The third-order valence-electron chi connectivity index (χ3n) is 3.49. The van der Waals surface area contributed by atoms with Crippen LogP contribution in [-0.2, 0) is 16.2 Å². The summed E-state index contributed by atoms with van der Waals surface area (Å²) in [5.41, 5.74) is 0. The molecule has 0 aliphatic carbocycles. The number of carboxylic acid groups (broad SMARTS) is 1. The maximum absolute atomic E-state index is 10.3. The van der Waals surface area contributed by atoms with Crippen molar-refractivity contribution in [2.24, 2.45) is 0 Å². The van der Waals surface area contributed by atoms with Crippen LogP contribution in [0.3, 0.4) is 0 Å². The molecule has 134 valence electrons. The molecule has 7 heteroatoms. The topological polar surface area (TPSA) is 97.7 Å². The molecule has 0 spiro atoms. The molecule has 0 saturated heterocycles. The molecule has 0 rings (SSSR count). The summed E-state index contributed by atoms with van der Waals surface area (Å²) >= 11 is -2.86. The minimum Gasteiger partial charge on any atom is -0.750 e. The third-order valence-corrected chi connectivity index (χ3v) is 3.49. The van der Waals surface area contributed by atoms with Gasteiger partial charge in [-0.25, -0.2) is 4.21 Å². The van der Waals surface area contributed by atoms with Gasteiger partial charge in [0.2, 0.25) is 0 Å². The first-order valence-electron chi connectivity index (χ1n) is 8.50. The number of carbonyl (C=O) groups is 1. The van der Waals surface area contributed by atoms with Crippen LogP contribution in [0.4, 0.5) is 0 Å². The quantitative estimate of drug-likeness (QED) is 0.280. The predicted molar refractivity (Wildman–Crippen MR) is 89.5 cm³/mol. The summed E-state index contributed by atoms with van der Waals surface area (Å²) in [6.45, 7) is 2.26. The van der Waals surface area contributed by atoms with E-state index in [1.54, 1.807) is 0 Å². The third kappa shape index (κ3) is 39.4. The van der Waals surface area contributed by atoms with Gasteiger partial charge in [0.05, 0.1) is 11.4 Å². The summed E-state index contributed by atoms with van der Waals surface area (Å²) in [5.74, 6) is -0.655. The second-order valence-electron chi connectivity index (χ2n) is 5.60. The summed E-state index contributed by atoms with van der Waals surface area (Å²) in [5, 5.41) is 8.49. The SMILES string of the molecule is CCCCCCCCCCCCCCCC(=O)O.O=S([O-])O.[Na+]. The van der Waals surface area contributed by atoms with Crippen LogP contribution in [0.2, 0.25) is 0 Å². The smallest absolute Gasteiger partial charge is 0.750 e. The molecule has 0 aromatic heterocycles. The van der Waals surface area contributed by atoms with Gasteiger partial charge in [-0.05, 0) is 6.42 Å². The molecular formula is C16H33NaO5S. The molecule has 0 fully saturated rings. The van der Waals surface area contributed by atoms with Gasteiger partial charge in [-0.3, -0.25) is 4.79 Å². The number of aliphatic carboxylic acids is 1. The maximum Gasteiger partial charge on any atom is 1.00 e. The minimum absolute atomic E-state index is 0. The van der Waals surface area contributed by atoms with Gasteiger partial charge in [-0.1, -0.05) is 84.0 Å². The standard InChI is InChI=1S/C16H32O2.Na.H2O3S/c1-2-3-4-5-6-7-8-9-10-11-12-13-14-15-16(17)18;;1-4(2)3/h2-15H2,1H3,(H,17,18);;(H2,1,2,3)/q;+1;/p-1. The van der Waals surface area contributed by atoms with Gasteiger partial charge in [0, 0.05) is 6.42 Å². The number of hydrogen-bond acceptors (Lipinski definition) is 3. The van der Waals surface area contributed by atoms with Crippen molar-refractivity contribution in [2.75, 3.05) is 0 Å². The van der Waals surface area contributed by atoms with Crippen molar-refractivity contribution in [1.29, 1.82) is 0 Å². The Kier molecular flexibility index (Phi) is 30.6. The van der Waals surface area contributed by atoms with Crippen molar-refractivity contribution in [1.82, 2.24) is 0 Å². The van der Waals surface area contributed by atoms with Crippen LogP contribution in [-0.4, -0.2) is 24.4 Å². The van der Waals surface area contributed by atoms with Gasteiger partial charge in [0.15, 0.2) is 0 Å². The molecule has 0 aliphatic rings. The van der Waals surface area contributed by atoms with E-state index in [1.807, 2.05) is 0 Å². The Bertz CT molecular complexity index is 261. The zero-order valence-corrected chi connectivity index (χ0v) is 17.7. The van der Waals surface area contributed by atoms with Gasteiger partial charge in [0.1, 0.15) is 0 Å². The fourth-order valence-electron chi connectivity index (χ4n) is 2.29. The molecule has 0 radical (unpaired) electrons. The molecule has 0 aromatic carbocycles. The van der Waals surface area contributed by atoms with E-state index in [0.29, 0.717) is 6.42 Å². The van der Waals surface area contributed by atoms with Gasteiger partial charge >= 0.3 is 35.5 Å². The number of rotatable bonds is 14. The van der Waals surface area contributed by atoms with E-state index in [-0.39, 0.29) is 29.6 Å². The fraction of sp³-hybridized carbons (Fsp3) is 0.938. The van der Waals surface area contributed by atoms with E-state index in [1.165, 1.54) is 70.6 Å². The predicted octanol–water partition coefficient (Wildman–Crippen LogP) is 1.89. The molecular weight excluding hydrogens is 327 g/mol. The first kappa shape index (κ1) is 28.3. The number of carboxylic acids is 1. The molecule has 23 heavy (non-hydrogen) atoms. The molecule has 5 nitrogen and oxygen atoms in total. The van der Waals surface area contributed by atoms with Crippen LogP contribution >= 0.6 is 0 Å². The van der Waals surface area contributed by atoms with E-state index in [4.69, 9.17) is 18.4 Å². The van der Waals surface area contributed by atoms with Crippen LogP contribution in [0, 0.1) is 0 Å². The van der Waals surface area contributed by atoms with Crippen molar-refractivity contribution in [3.05, 3.63) is 0 Å². The van der Waals surface area contributed by atoms with Crippen molar-refractivity contribution in [3.63, 3.8) is 0 Å². The summed E-state index contributed by atoms with van der Waals surface area (Å²) in [4.78, 5) is 10.3. The minimum atomic E-state index is -2.86. The van der Waals surface area contributed by atoms with Gasteiger partial charge in [0.25, 0.3) is 0 Å². The van der Waals surface area contributed by atoms with E-state index < -0.39 is 17.3 Å². The molecule has 0 bridgehead atoms. The van der Waals surface area contributed by atoms with Gasteiger partial charge < -0.3 is 14.2 Å². The van der Waals surface area contributed by atoms with E-state index in [9.17, 15) is 4.79 Å². The summed E-state index contributed by atoms with van der Waals surface area (Å²) in [6.07, 6.45) is 17.3. The largest absolute Gasteiger partial charge is 1.00 e. The van der Waals surface area contributed by atoms with Crippen LogP contribution in [0.15, 0.2) is 0 Å². The van der Waals surface area contributed by atoms with Crippen LogP contribution in [0.25, 0.3) is 0 Å². The fourth-order valence-corrected chi connectivity index (χ4v) is 2.29. The first-order valence-corrected chi connectivity index (χ1v) is 9.54. The Morgan fingerprint density at radius 3 is 1.35 bits per heavy atom. The van der Waals surface area contributed by atoms with Crippen LogP contribution < -0.4 is 29.6 Å². The van der Waals surface area contributed by atoms with E-state index in [0.717, 1.165) is 12.8 Å². The number of hydrogen-bond donors (Lipinski definition) is 2. The Morgan fingerprint density at radius 1 is 0.826 bits per heavy atom. The van der Waals surface area contributed by atoms with Crippen molar-refractivity contribution < 1.29 is 52.8 Å². The molecule has 0 saturated carbocycles. The average Bonchev–Trinajstić information content (AvgIpc) is 2.43. The Hall–Kier alpha value is 0.540. The zero-order valence-electron chi connectivity index (χ0n) is 14.9. The second kappa shape index (κ2) is 24.8. The van der Waals surface area contributed by atoms with E-state index >= 15 is 0 Å². The molecule has 0 heterocycles. The van der Waals surface area contributed by atoms with Crippen molar-refractivity contribution in [3.8, 4) is 0 Å². The molecule has 0 amide bonds. The Balaban J connectivity index is -0.000000712. The molecule has 1 unspecified atom stereocenters. The van der Waals surface area contributed by atoms with Crippen molar-refractivity contribution >= 4 is 17.3 Å². The normalized spacial score (nSPS) is 11.1. The Morgan fingerprint density at radius 2 is 1.09 bits per heavy atom. The monoisotopic (exact) mass is 360 g/mol. The van der Waals surface area contributed by atoms with Crippen LogP contribution in [0.5, 0.6) is 0 Å². The summed E-state index contributed by atoms with van der Waals surface area (Å²) in [6, 6.07) is 0. The zero-order chi connectivity index (χ0) is 17.1. The van der Waals surface area contributed by atoms with Gasteiger partial charge in [-0.2, -0.15) is 0 Å². The maximum atomic E-state index is 10.3. The van der Waals surface area contributed by atoms with Gasteiger partial charge in [-0.15, -0.1) is 0 Å². The molecule has 0 aliphatic heterocycles. The summed E-state index contributed by atoms with van der Waals surface area (Å²) < 4.78 is 24.1. The number of unbranched alkanes of at least 4 members (excludes halogenated alkanes) is 12. The van der Waals surface area contributed by atoms with Crippen molar-refractivity contribution in [2.45, 2.75) is 96.8 Å². The Labute approximate surface area is 166 Å². The average molecular weight is 360 g/mol. The van der Waals surface area contributed by atoms with Crippen LogP contribution in [0.1, 0.15) is 96.8 Å². The molecule has 1 atom stereocenters. The first-order chi connectivity index (χ1) is 10.5.